The predicted octanol–water partition coefficient (Wildman–Crippen LogP) is 5.89. The van der Waals surface area contributed by atoms with Crippen LogP contribution < -0.4 is 0 Å². The van der Waals surface area contributed by atoms with Crippen LogP contribution in [0.1, 0.15) is 16.7 Å². The lowest BCUT2D eigenvalue weighted by Gasteiger charge is -2.34. The van der Waals surface area contributed by atoms with Crippen LogP contribution in [0.15, 0.2) is 54.6 Å². The van der Waals surface area contributed by atoms with Gasteiger partial charge in [0.25, 0.3) is 10.1 Å². The Kier molecular flexibility index (Phi) is 5.98. The molecule has 29 heavy (non-hydrogen) atoms. The largest absolute Gasteiger partial charge is 0.508 e. The molecule has 0 fully saturated rings. The Morgan fingerprint density at radius 2 is 1.38 bits per heavy atom. The summed E-state index contributed by atoms with van der Waals surface area (Å²) in [5.74, 6) is -0.615. The number of halogens is 4. The average Bonchev–Trinajstić information content (AvgIpc) is 2.65. The van der Waals surface area contributed by atoms with Gasteiger partial charge in [-0.25, -0.2) is 0 Å². The SMILES string of the molecule is O=S(=O)(O)C(c1ccc(O)cc1)(c1cc(Cl)ccc1O)c1ccc(Cl)c(Cl)c1Cl. The van der Waals surface area contributed by atoms with Crippen molar-refractivity contribution in [3.8, 4) is 11.5 Å². The molecule has 0 aliphatic heterocycles. The van der Waals surface area contributed by atoms with Gasteiger partial charge in [0.1, 0.15) is 11.5 Å². The summed E-state index contributed by atoms with van der Waals surface area (Å²) >= 11 is 24.5. The molecule has 0 spiro atoms. The minimum Gasteiger partial charge on any atom is -0.508 e. The Hall–Kier alpha value is -1.67. The van der Waals surface area contributed by atoms with Gasteiger partial charge in [0.2, 0.25) is 0 Å². The molecular weight excluding hydrogens is 482 g/mol. The van der Waals surface area contributed by atoms with Gasteiger partial charge in [0.15, 0.2) is 4.75 Å². The molecule has 0 radical (unpaired) electrons. The second kappa shape index (κ2) is 7.87. The van der Waals surface area contributed by atoms with Gasteiger partial charge in [-0.3, -0.25) is 4.55 Å². The lowest BCUT2D eigenvalue weighted by Crippen LogP contribution is -2.38. The first kappa shape index (κ1) is 22.0. The zero-order valence-electron chi connectivity index (χ0n) is 14.3. The van der Waals surface area contributed by atoms with Gasteiger partial charge in [0, 0.05) is 16.1 Å². The zero-order chi connectivity index (χ0) is 21.6. The number of phenolic OH excluding ortho intramolecular Hbond substituents is 2. The fraction of sp³-hybridized carbons (Fsp3) is 0.0526. The molecule has 0 aromatic heterocycles. The predicted molar refractivity (Wildman–Crippen MR) is 114 cm³/mol. The summed E-state index contributed by atoms with van der Waals surface area (Å²) in [4.78, 5) is 0. The molecule has 3 rings (SSSR count). The van der Waals surface area contributed by atoms with Crippen molar-refractivity contribution in [2.75, 3.05) is 0 Å². The minimum absolute atomic E-state index is 0.0318. The highest BCUT2D eigenvalue weighted by Crippen LogP contribution is 2.51. The number of rotatable bonds is 4. The van der Waals surface area contributed by atoms with Crippen molar-refractivity contribution >= 4 is 56.5 Å². The number of hydrogen-bond donors (Lipinski definition) is 3. The van der Waals surface area contributed by atoms with Crippen LogP contribution in [-0.2, 0) is 14.9 Å². The van der Waals surface area contributed by atoms with E-state index in [1.165, 1.54) is 54.6 Å². The molecule has 0 aliphatic rings. The fourth-order valence-corrected chi connectivity index (χ4v) is 5.40. The zero-order valence-corrected chi connectivity index (χ0v) is 18.1. The minimum atomic E-state index is -5.08. The van der Waals surface area contributed by atoms with E-state index < -0.39 is 20.6 Å². The first-order valence-corrected chi connectivity index (χ1v) is 10.8. The van der Waals surface area contributed by atoms with Crippen LogP contribution >= 0.6 is 46.4 Å². The quantitative estimate of drug-likeness (QED) is 0.239. The first-order valence-electron chi connectivity index (χ1n) is 7.89. The molecule has 3 aromatic rings. The van der Waals surface area contributed by atoms with E-state index in [0.29, 0.717) is 0 Å². The molecule has 3 N–H and O–H groups in total. The van der Waals surface area contributed by atoms with Crippen LogP contribution in [0.5, 0.6) is 11.5 Å². The van der Waals surface area contributed by atoms with E-state index in [1.54, 1.807) is 0 Å². The molecule has 0 amide bonds. The molecule has 1 atom stereocenters. The average molecular weight is 494 g/mol. The van der Waals surface area contributed by atoms with E-state index in [2.05, 4.69) is 0 Å². The van der Waals surface area contributed by atoms with Crippen LogP contribution in [0.4, 0.5) is 0 Å². The lowest BCUT2D eigenvalue weighted by atomic mass is 9.83. The summed E-state index contributed by atoms with van der Waals surface area (Å²) in [7, 11) is -5.08. The topological polar surface area (TPSA) is 94.8 Å². The van der Waals surface area contributed by atoms with Crippen LogP contribution in [0.25, 0.3) is 0 Å². The summed E-state index contributed by atoms with van der Waals surface area (Å²) in [5, 5.41) is 20.0. The molecule has 152 valence electrons. The van der Waals surface area contributed by atoms with Crippen LogP contribution in [0.3, 0.4) is 0 Å². The third-order valence-corrected chi connectivity index (χ3v) is 7.39. The molecule has 0 saturated carbocycles. The number of aromatic hydroxyl groups is 2. The van der Waals surface area contributed by atoms with E-state index >= 15 is 0 Å². The highest BCUT2D eigenvalue weighted by molar-refractivity contribution is 7.87. The second-order valence-electron chi connectivity index (χ2n) is 6.09. The summed E-state index contributed by atoms with van der Waals surface area (Å²) < 4.78 is 34.0. The van der Waals surface area contributed by atoms with Gasteiger partial charge in [-0.1, -0.05) is 64.6 Å². The maximum atomic E-state index is 13.0. The van der Waals surface area contributed by atoms with Crippen molar-refractivity contribution in [1.29, 1.82) is 0 Å². The Labute approximate surface area is 186 Å². The number of phenols is 2. The van der Waals surface area contributed by atoms with Gasteiger partial charge >= 0.3 is 0 Å². The summed E-state index contributed by atoms with van der Waals surface area (Å²) in [6, 6.07) is 11.3. The van der Waals surface area contributed by atoms with E-state index in [4.69, 9.17) is 46.4 Å². The normalized spacial score (nSPS) is 13.8. The summed E-state index contributed by atoms with van der Waals surface area (Å²) in [6.45, 7) is 0. The fourth-order valence-electron chi connectivity index (χ4n) is 3.17. The van der Waals surface area contributed by atoms with Crippen molar-refractivity contribution in [3.63, 3.8) is 0 Å². The molecule has 0 bridgehead atoms. The van der Waals surface area contributed by atoms with Gasteiger partial charge < -0.3 is 10.2 Å². The smallest absolute Gasteiger partial charge is 0.283 e. The molecule has 0 heterocycles. The molecule has 5 nitrogen and oxygen atoms in total. The van der Waals surface area contributed by atoms with E-state index in [0.717, 1.165) is 0 Å². The third kappa shape index (κ3) is 3.65. The van der Waals surface area contributed by atoms with E-state index in [9.17, 15) is 23.2 Å². The first-order chi connectivity index (χ1) is 13.5. The Bertz CT molecular complexity index is 1200. The van der Waals surface area contributed by atoms with Crippen LogP contribution in [-0.4, -0.2) is 23.2 Å². The van der Waals surface area contributed by atoms with E-state index in [1.807, 2.05) is 0 Å². The molecule has 3 aromatic carbocycles. The Morgan fingerprint density at radius 1 is 0.759 bits per heavy atom. The highest BCUT2D eigenvalue weighted by atomic mass is 35.5. The standard InChI is InChI=1S/C19H12Cl4O5S/c20-11-3-8-16(25)14(9-11)19(29(26,27)28,10-1-4-12(24)5-2-10)13-6-7-15(21)18(23)17(13)22/h1-9,24-25H,(H,26,27,28). The Balaban J connectivity index is 2.61. The number of benzene rings is 3. The van der Waals surface area contributed by atoms with Crippen molar-refractivity contribution < 1.29 is 23.2 Å². The maximum absolute atomic E-state index is 13.0. The van der Waals surface area contributed by atoms with Crippen LogP contribution in [0.2, 0.25) is 20.1 Å². The van der Waals surface area contributed by atoms with Crippen molar-refractivity contribution in [2.45, 2.75) is 4.75 Å². The molecular formula is C19H12Cl4O5S. The lowest BCUT2D eigenvalue weighted by molar-refractivity contribution is 0.440. The molecule has 1 unspecified atom stereocenters. The summed E-state index contributed by atoms with van der Waals surface area (Å²) in [6.07, 6.45) is 0. The third-order valence-electron chi connectivity index (χ3n) is 4.41. The van der Waals surface area contributed by atoms with E-state index in [-0.39, 0.29) is 42.5 Å². The van der Waals surface area contributed by atoms with Gasteiger partial charge in [-0.2, -0.15) is 8.42 Å². The maximum Gasteiger partial charge on any atom is 0.283 e. The van der Waals surface area contributed by atoms with Crippen molar-refractivity contribution in [3.05, 3.63) is 91.4 Å². The van der Waals surface area contributed by atoms with Crippen molar-refractivity contribution in [2.24, 2.45) is 0 Å². The van der Waals surface area contributed by atoms with Gasteiger partial charge in [0.05, 0.1) is 15.1 Å². The summed E-state index contributed by atoms with van der Waals surface area (Å²) in [5.41, 5.74) is -0.464. The Morgan fingerprint density at radius 3 is 1.97 bits per heavy atom. The highest BCUT2D eigenvalue weighted by Gasteiger charge is 2.51. The van der Waals surface area contributed by atoms with Crippen LogP contribution in [0, 0.1) is 0 Å². The molecule has 10 heteroatoms. The van der Waals surface area contributed by atoms with Gasteiger partial charge in [-0.05, 0) is 42.0 Å². The monoisotopic (exact) mass is 492 g/mol. The molecule has 0 saturated heterocycles. The van der Waals surface area contributed by atoms with Crippen molar-refractivity contribution in [1.82, 2.24) is 0 Å². The second-order valence-corrected chi connectivity index (χ2v) is 9.25. The number of hydrogen-bond acceptors (Lipinski definition) is 4. The van der Waals surface area contributed by atoms with Gasteiger partial charge in [-0.15, -0.1) is 0 Å². The molecule has 0 aliphatic carbocycles.